The highest BCUT2D eigenvalue weighted by Crippen LogP contribution is 2.13. The fraction of sp³-hybridized carbons (Fsp3) is 0.533. The van der Waals surface area contributed by atoms with E-state index in [0.717, 1.165) is 18.7 Å². The summed E-state index contributed by atoms with van der Waals surface area (Å²) in [5.41, 5.74) is 1.18. The van der Waals surface area contributed by atoms with Crippen LogP contribution in [0.25, 0.3) is 0 Å². The molecule has 0 bridgehead atoms. The fourth-order valence-electron chi connectivity index (χ4n) is 1.97. The lowest BCUT2D eigenvalue weighted by molar-refractivity contribution is -0.143. The van der Waals surface area contributed by atoms with Crippen LogP contribution < -0.4 is 10.1 Å². The number of carbonyl (C=O) groups is 1. The summed E-state index contributed by atoms with van der Waals surface area (Å²) in [5, 5.41) is 3.32. The zero-order valence-corrected chi connectivity index (χ0v) is 11.9. The summed E-state index contributed by atoms with van der Waals surface area (Å²) >= 11 is 0. The summed E-state index contributed by atoms with van der Waals surface area (Å²) in [5.74, 6) is 0.691. The smallest absolute Gasteiger partial charge is 0.307 e. The highest BCUT2D eigenvalue weighted by Gasteiger charge is 2.14. The summed E-state index contributed by atoms with van der Waals surface area (Å²) in [6.45, 7) is 5.12. The van der Waals surface area contributed by atoms with E-state index in [9.17, 15) is 4.79 Å². The van der Waals surface area contributed by atoms with Crippen molar-refractivity contribution in [2.75, 3.05) is 20.3 Å². The standard InChI is InChI=1S/C15H23NO3/c1-4-16-13(11-15(17)19-5-2)10-12-6-8-14(18-3)9-7-12/h6-9,13,16H,4-5,10-11H2,1-3H3. The molecule has 19 heavy (non-hydrogen) atoms. The maximum absolute atomic E-state index is 11.5. The molecule has 0 aromatic heterocycles. The molecule has 0 fully saturated rings. The van der Waals surface area contributed by atoms with Crippen molar-refractivity contribution in [1.82, 2.24) is 5.32 Å². The van der Waals surface area contributed by atoms with E-state index in [1.807, 2.05) is 38.1 Å². The number of ether oxygens (including phenoxy) is 2. The van der Waals surface area contributed by atoms with Crippen LogP contribution in [0.3, 0.4) is 0 Å². The molecule has 106 valence electrons. The number of nitrogens with one attached hydrogen (secondary N) is 1. The molecule has 0 aliphatic rings. The molecule has 0 aliphatic carbocycles. The normalized spacial score (nSPS) is 11.9. The highest BCUT2D eigenvalue weighted by atomic mass is 16.5. The second-order valence-corrected chi connectivity index (χ2v) is 4.32. The minimum Gasteiger partial charge on any atom is -0.497 e. The van der Waals surface area contributed by atoms with Crippen molar-refractivity contribution in [3.05, 3.63) is 29.8 Å². The summed E-state index contributed by atoms with van der Waals surface area (Å²) in [6.07, 6.45) is 1.20. The molecule has 1 atom stereocenters. The molecule has 0 radical (unpaired) electrons. The van der Waals surface area contributed by atoms with Crippen LogP contribution in [0.4, 0.5) is 0 Å². The van der Waals surface area contributed by atoms with Gasteiger partial charge in [-0.15, -0.1) is 0 Å². The lowest BCUT2D eigenvalue weighted by Crippen LogP contribution is -2.33. The number of hydrogen-bond donors (Lipinski definition) is 1. The average Bonchev–Trinajstić information content (AvgIpc) is 2.40. The Morgan fingerprint density at radius 2 is 1.95 bits per heavy atom. The third-order valence-electron chi connectivity index (χ3n) is 2.85. The molecule has 0 spiro atoms. The second-order valence-electron chi connectivity index (χ2n) is 4.32. The first-order valence-electron chi connectivity index (χ1n) is 6.71. The monoisotopic (exact) mass is 265 g/mol. The molecule has 1 unspecified atom stereocenters. The maximum Gasteiger partial charge on any atom is 0.307 e. The van der Waals surface area contributed by atoms with Crippen LogP contribution in [0.5, 0.6) is 5.75 Å². The van der Waals surface area contributed by atoms with Crippen molar-refractivity contribution in [2.24, 2.45) is 0 Å². The topological polar surface area (TPSA) is 47.6 Å². The van der Waals surface area contributed by atoms with Gasteiger partial charge in [0.1, 0.15) is 5.75 Å². The van der Waals surface area contributed by atoms with Gasteiger partial charge in [0.05, 0.1) is 20.1 Å². The molecule has 1 aromatic rings. The molecule has 4 heteroatoms. The van der Waals surface area contributed by atoms with Gasteiger partial charge < -0.3 is 14.8 Å². The molecule has 0 heterocycles. The number of methoxy groups -OCH3 is 1. The number of carbonyl (C=O) groups excluding carboxylic acids is 1. The van der Waals surface area contributed by atoms with E-state index in [-0.39, 0.29) is 12.0 Å². The molecule has 1 N–H and O–H groups in total. The van der Waals surface area contributed by atoms with Gasteiger partial charge in [0, 0.05) is 6.04 Å². The molecular weight excluding hydrogens is 242 g/mol. The van der Waals surface area contributed by atoms with E-state index < -0.39 is 0 Å². The third-order valence-corrected chi connectivity index (χ3v) is 2.85. The van der Waals surface area contributed by atoms with Gasteiger partial charge in [-0.2, -0.15) is 0 Å². The van der Waals surface area contributed by atoms with Crippen molar-refractivity contribution in [3.8, 4) is 5.75 Å². The second kappa shape index (κ2) is 8.53. The molecule has 0 saturated heterocycles. The predicted molar refractivity (Wildman–Crippen MR) is 75.4 cm³/mol. The van der Waals surface area contributed by atoms with Gasteiger partial charge in [0.15, 0.2) is 0 Å². The van der Waals surface area contributed by atoms with Crippen molar-refractivity contribution in [3.63, 3.8) is 0 Å². The average molecular weight is 265 g/mol. The molecule has 1 rings (SSSR count). The Kier molecular flexibility index (Phi) is 6.97. The molecule has 0 saturated carbocycles. The Balaban J connectivity index is 2.58. The van der Waals surface area contributed by atoms with E-state index in [2.05, 4.69) is 5.32 Å². The zero-order valence-electron chi connectivity index (χ0n) is 11.9. The lowest BCUT2D eigenvalue weighted by Gasteiger charge is -2.17. The predicted octanol–water partition coefficient (Wildman–Crippen LogP) is 2.17. The molecule has 1 aromatic carbocycles. The summed E-state index contributed by atoms with van der Waals surface area (Å²) in [4.78, 5) is 11.5. The van der Waals surface area contributed by atoms with Crippen LogP contribution in [0.2, 0.25) is 0 Å². The van der Waals surface area contributed by atoms with Crippen molar-refractivity contribution in [2.45, 2.75) is 32.7 Å². The Labute approximate surface area is 115 Å². The summed E-state index contributed by atoms with van der Waals surface area (Å²) in [7, 11) is 1.65. The highest BCUT2D eigenvalue weighted by molar-refractivity contribution is 5.70. The number of benzene rings is 1. The van der Waals surface area contributed by atoms with E-state index in [4.69, 9.17) is 9.47 Å². The first-order chi connectivity index (χ1) is 9.19. The van der Waals surface area contributed by atoms with Crippen LogP contribution in [0.1, 0.15) is 25.8 Å². The number of hydrogen-bond acceptors (Lipinski definition) is 4. The van der Waals surface area contributed by atoms with E-state index >= 15 is 0 Å². The fourth-order valence-corrected chi connectivity index (χ4v) is 1.97. The van der Waals surface area contributed by atoms with Crippen LogP contribution >= 0.6 is 0 Å². The minimum atomic E-state index is -0.151. The first-order valence-corrected chi connectivity index (χ1v) is 6.71. The van der Waals surface area contributed by atoms with Gasteiger partial charge in [0.2, 0.25) is 0 Å². The van der Waals surface area contributed by atoms with Crippen LogP contribution in [0.15, 0.2) is 24.3 Å². The van der Waals surface area contributed by atoms with Gasteiger partial charge in [-0.25, -0.2) is 0 Å². The molecule has 0 aliphatic heterocycles. The van der Waals surface area contributed by atoms with Crippen molar-refractivity contribution in [1.29, 1.82) is 0 Å². The Hall–Kier alpha value is -1.55. The summed E-state index contributed by atoms with van der Waals surface area (Å²) in [6, 6.07) is 8.02. The van der Waals surface area contributed by atoms with Gasteiger partial charge in [-0.1, -0.05) is 19.1 Å². The van der Waals surface area contributed by atoms with E-state index in [0.29, 0.717) is 13.0 Å². The van der Waals surface area contributed by atoms with Gasteiger partial charge in [-0.05, 0) is 37.6 Å². The Bertz CT molecular complexity index is 375. The maximum atomic E-state index is 11.5. The van der Waals surface area contributed by atoms with Gasteiger partial charge >= 0.3 is 5.97 Å². The first kappa shape index (κ1) is 15.5. The van der Waals surface area contributed by atoms with Crippen LogP contribution in [-0.2, 0) is 16.0 Å². The molecule has 4 nitrogen and oxygen atoms in total. The largest absolute Gasteiger partial charge is 0.497 e. The van der Waals surface area contributed by atoms with Crippen molar-refractivity contribution < 1.29 is 14.3 Å². The number of rotatable bonds is 8. The number of likely N-dealkylation sites (N-methyl/N-ethyl adjacent to an activating group) is 1. The Morgan fingerprint density at radius 3 is 2.47 bits per heavy atom. The minimum absolute atomic E-state index is 0.109. The van der Waals surface area contributed by atoms with E-state index in [1.165, 1.54) is 5.56 Å². The molecular formula is C15H23NO3. The van der Waals surface area contributed by atoms with Gasteiger partial charge in [-0.3, -0.25) is 4.79 Å². The Morgan fingerprint density at radius 1 is 1.26 bits per heavy atom. The SMILES string of the molecule is CCNC(CC(=O)OCC)Cc1ccc(OC)cc1. The van der Waals surface area contributed by atoms with Crippen molar-refractivity contribution >= 4 is 5.97 Å². The van der Waals surface area contributed by atoms with Crippen LogP contribution in [0, 0.1) is 0 Å². The number of esters is 1. The quantitative estimate of drug-likeness (QED) is 0.732. The lowest BCUT2D eigenvalue weighted by atomic mass is 10.0. The van der Waals surface area contributed by atoms with Crippen LogP contribution in [-0.4, -0.2) is 32.3 Å². The van der Waals surface area contributed by atoms with Gasteiger partial charge in [0.25, 0.3) is 0 Å². The zero-order chi connectivity index (χ0) is 14.1. The summed E-state index contributed by atoms with van der Waals surface area (Å²) < 4.78 is 10.1. The van der Waals surface area contributed by atoms with E-state index in [1.54, 1.807) is 7.11 Å². The molecule has 0 amide bonds. The third kappa shape index (κ3) is 5.75.